The highest BCUT2D eigenvalue weighted by Crippen LogP contribution is 2.46. The van der Waals surface area contributed by atoms with Gasteiger partial charge in [-0.15, -0.1) is 0 Å². The van der Waals surface area contributed by atoms with Crippen molar-refractivity contribution in [2.45, 2.75) is 12.8 Å². The van der Waals surface area contributed by atoms with Gasteiger partial charge in [-0.25, -0.2) is 4.98 Å². The van der Waals surface area contributed by atoms with Gasteiger partial charge in [0.2, 0.25) is 5.88 Å². The molecule has 0 fully saturated rings. The van der Waals surface area contributed by atoms with Crippen LogP contribution in [0.25, 0.3) is 0 Å². The van der Waals surface area contributed by atoms with E-state index in [1.807, 2.05) is 60.7 Å². The zero-order chi connectivity index (χ0) is 17.4. The highest BCUT2D eigenvalue weighted by molar-refractivity contribution is 5.73. The van der Waals surface area contributed by atoms with Gasteiger partial charge in [0.15, 0.2) is 5.89 Å². The predicted octanol–water partition coefficient (Wildman–Crippen LogP) is 3.96. The first-order chi connectivity index (χ1) is 12.2. The normalized spacial score (nSPS) is 16.5. The molecule has 1 aliphatic heterocycles. The minimum Gasteiger partial charge on any atom is -0.424 e. The Bertz CT molecular complexity index is 984. The number of fused-ring (bicyclic) bond motifs is 1. The number of nitriles is 1. The first-order valence-corrected chi connectivity index (χ1v) is 7.98. The number of allylic oxidation sites excluding steroid dienone is 1. The number of oxazole rings is 1. The molecular formula is C20H16N4O. The van der Waals surface area contributed by atoms with Crippen molar-refractivity contribution in [3.05, 3.63) is 89.2 Å². The van der Waals surface area contributed by atoms with Gasteiger partial charge >= 0.3 is 0 Å². The van der Waals surface area contributed by atoms with Crippen LogP contribution in [-0.2, 0) is 0 Å². The maximum Gasteiger partial charge on any atom is 0.230 e. The zero-order valence-electron chi connectivity index (χ0n) is 13.7. The second-order valence-electron chi connectivity index (χ2n) is 5.85. The Morgan fingerprint density at radius 2 is 1.72 bits per heavy atom. The molecule has 4 rings (SSSR count). The summed E-state index contributed by atoms with van der Waals surface area (Å²) in [6.07, 6.45) is 0. The van der Waals surface area contributed by atoms with Crippen LogP contribution >= 0.6 is 0 Å². The summed E-state index contributed by atoms with van der Waals surface area (Å²) in [7, 11) is 0. The predicted molar refractivity (Wildman–Crippen MR) is 94.9 cm³/mol. The quantitative estimate of drug-likeness (QED) is 0.770. The molecule has 1 aliphatic rings. The van der Waals surface area contributed by atoms with Crippen molar-refractivity contribution >= 4 is 11.6 Å². The molecule has 2 heterocycles. The number of nitrogens with zero attached hydrogens (tertiary/aromatic N) is 3. The van der Waals surface area contributed by atoms with Gasteiger partial charge in [0.25, 0.3) is 0 Å². The number of nitrogens with two attached hydrogens (primary N) is 1. The van der Waals surface area contributed by atoms with Crippen LogP contribution in [0.1, 0.15) is 23.1 Å². The van der Waals surface area contributed by atoms with Crippen molar-refractivity contribution in [2.75, 3.05) is 4.90 Å². The minimum atomic E-state index is -0.335. The Hall–Kier alpha value is -3.52. The summed E-state index contributed by atoms with van der Waals surface area (Å²) in [6.45, 7) is 1.80. The molecule has 5 heteroatoms. The number of hydrogen-bond donors (Lipinski definition) is 1. The highest BCUT2D eigenvalue weighted by Gasteiger charge is 2.38. The first-order valence-electron chi connectivity index (χ1n) is 7.98. The van der Waals surface area contributed by atoms with Gasteiger partial charge in [0.05, 0.1) is 23.2 Å². The molecule has 2 aromatic carbocycles. The zero-order valence-corrected chi connectivity index (χ0v) is 13.7. The molecule has 0 bridgehead atoms. The molecule has 0 unspecified atom stereocenters. The van der Waals surface area contributed by atoms with Crippen LogP contribution in [-0.4, -0.2) is 4.98 Å². The largest absolute Gasteiger partial charge is 0.424 e. The van der Waals surface area contributed by atoms with E-state index in [2.05, 4.69) is 11.1 Å². The molecule has 0 radical (unpaired) electrons. The smallest absolute Gasteiger partial charge is 0.230 e. The van der Waals surface area contributed by atoms with Crippen LogP contribution in [0.15, 0.2) is 76.5 Å². The molecule has 0 saturated carbocycles. The van der Waals surface area contributed by atoms with Crippen LogP contribution in [0.3, 0.4) is 0 Å². The van der Waals surface area contributed by atoms with Gasteiger partial charge in [-0.2, -0.15) is 5.26 Å². The summed E-state index contributed by atoms with van der Waals surface area (Å²) in [6, 6.07) is 21.7. The third-order valence-corrected chi connectivity index (χ3v) is 4.29. The number of para-hydroxylation sites is 1. The van der Waals surface area contributed by atoms with Crippen LogP contribution in [0.2, 0.25) is 0 Å². The third-order valence-electron chi connectivity index (χ3n) is 4.29. The average molecular weight is 328 g/mol. The summed E-state index contributed by atoms with van der Waals surface area (Å²) >= 11 is 0. The van der Waals surface area contributed by atoms with Crippen LogP contribution < -0.4 is 10.6 Å². The van der Waals surface area contributed by atoms with Gasteiger partial charge in [0, 0.05) is 6.92 Å². The van der Waals surface area contributed by atoms with Crippen molar-refractivity contribution in [2.24, 2.45) is 5.73 Å². The van der Waals surface area contributed by atoms with Crippen molar-refractivity contribution in [3.8, 4) is 6.07 Å². The highest BCUT2D eigenvalue weighted by atomic mass is 16.4. The lowest BCUT2D eigenvalue weighted by Gasteiger charge is -2.31. The minimum absolute atomic E-state index is 0.335. The molecule has 25 heavy (non-hydrogen) atoms. The maximum atomic E-state index is 9.82. The summed E-state index contributed by atoms with van der Waals surface area (Å²) < 4.78 is 5.88. The molecule has 122 valence electrons. The number of aromatic nitrogens is 1. The first kappa shape index (κ1) is 15.0. The Morgan fingerprint density at radius 1 is 1.08 bits per heavy atom. The third kappa shape index (κ3) is 2.36. The molecule has 0 amide bonds. The lowest BCUT2D eigenvalue weighted by Crippen LogP contribution is -2.31. The van der Waals surface area contributed by atoms with E-state index in [-0.39, 0.29) is 5.92 Å². The fourth-order valence-corrected chi connectivity index (χ4v) is 3.22. The molecule has 0 spiro atoms. The number of hydrogen-bond acceptors (Lipinski definition) is 5. The van der Waals surface area contributed by atoms with Gasteiger partial charge < -0.3 is 10.2 Å². The topological polar surface area (TPSA) is 79.1 Å². The van der Waals surface area contributed by atoms with Gasteiger partial charge in [-0.05, 0) is 17.7 Å². The Balaban J connectivity index is 1.98. The summed E-state index contributed by atoms with van der Waals surface area (Å²) in [5.41, 5.74) is 9.38. The number of benzene rings is 2. The maximum absolute atomic E-state index is 9.82. The molecule has 0 aliphatic carbocycles. The second kappa shape index (κ2) is 5.84. The molecule has 0 saturated heterocycles. The second-order valence-corrected chi connectivity index (χ2v) is 5.85. The van der Waals surface area contributed by atoms with Crippen molar-refractivity contribution in [3.63, 3.8) is 0 Å². The Morgan fingerprint density at radius 3 is 2.36 bits per heavy atom. The number of rotatable bonds is 2. The molecule has 1 atom stereocenters. The lowest BCUT2D eigenvalue weighted by atomic mass is 9.86. The Labute approximate surface area is 145 Å². The van der Waals surface area contributed by atoms with Crippen LogP contribution in [0, 0.1) is 18.3 Å². The van der Waals surface area contributed by atoms with E-state index in [4.69, 9.17) is 10.2 Å². The standard InChI is InChI=1S/C20H16N4O/c1-13-23-18-17(14-8-4-2-5-9-14)16(12-21)19(22)24(20(18)25-13)15-10-6-3-7-11-15/h2-11,17H,22H2,1H3/t17-/m1/s1. The van der Waals surface area contributed by atoms with Crippen molar-refractivity contribution < 1.29 is 4.42 Å². The molecule has 2 N–H and O–H groups in total. The van der Waals surface area contributed by atoms with Crippen molar-refractivity contribution in [1.82, 2.24) is 4.98 Å². The molecule has 3 aromatic rings. The summed E-state index contributed by atoms with van der Waals surface area (Å²) in [5.74, 6) is 1.14. The SMILES string of the molecule is Cc1nc2c(o1)N(c1ccccc1)C(N)=C(C#N)[C@H]2c1ccccc1. The average Bonchev–Trinajstić information content (AvgIpc) is 3.02. The number of anilines is 2. The Kier molecular flexibility index (Phi) is 3.51. The fourth-order valence-electron chi connectivity index (χ4n) is 3.22. The van der Waals surface area contributed by atoms with Crippen molar-refractivity contribution in [1.29, 1.82) is 5.26 Å². The summed E-state index contributed by atoms with van der Waals surface area (Å²) in [4.78, 5) is 6.33. The molecular weight excluding hydrogens is 312 g/mol. The van der Waals surface area contributed by atoms with E-state index in [9.17, 15) is 5.26 Å². The van der Waals surface area contributed by atoms with Gasteiger partial charge in [-0.3, -0.25) is 4.90 Å². The van der Waals surface area contributed by atoms with Gasteiger partial charge in [-0.1, -0.05) is 48.5 Å². The number of aryl methyl sites for hydroxylation is 1. The van der Waals surface area contributed by atoms with E-state index in [0.717, 1.165) is 11.3 Å². The van der Waals surface area contributed by atoms with E-state index in [1.54, 1.807) is 11.8 Å². The van der Waals surface area contributed by atoms with Crippen LogP contribution in [0.5, 0.6) is 0 Å². The fraction of sp³-hybridized carbons (Fsp3) is 0.100. The molecule has 5 nitrogen and oxygen atoms in total. The van der Waals surface area contributed by atoms with E-state index in [1.165, 1.54) is 0 Å². The van der Waals surface area contributed by atoms with Crippen LogP contribution in [0.4, 0.5) is 11.6 Å². The summed E-state index contributed by atoms with van der Waals surface area (Å²) in [5, 5.41) is 9.82. The van der Waals surface area contributed by atoms with E-state index >= 15 is 0 Å². The monoisotopic (exact) mass is 328 g/mol. The van der Waals surface area contributed by atoms with Gasteiger partial charge in [0.1, 0.15) is 11.5 Å². The van der Waals surface area contributed by atoms with E-state index < -0.39 is 0 Å². The van der Waals surface area contributed by atoms with E-state index in [0.29, 0.717) is 28.9 Å². The lowest BCUT2D eigenvalue weighted by molar-refractivity contribution is 0.522. The molecule has 1 aromatic heterocycles.